The molecule has 1 aromatic carbocycles. The normalized spacial score (nSPS) is 27.7. The molecule has 3 rings (SSSR count). The molecule has 2 fully saturated rings. The van der Waals surface area contributed by atoms with Gasteiger partial charge in [0.15, 0.2) is 0 Å². The minimum atomic E-state index is 0.0437. The molecular weight excluding hydrogens is 274 g/mol. The Morgan fingerprint density at radius 1 is 1.32 bits per heavy atom. The van der Waals surface area contributed by atoms with Gasteiger partial charge in [0, 0.05) is 19.0 Å². The second kappa shape index (κ2) is 6.31. The zero-order valence-corrected chi connectivity index (χ0v) is 13.9. The van der Waals surface area contributed by atoms with Crippen molar-refractivity contribution in [1.82, 2.24) is 4.90 Å². The summed E-state index contributed by atoms with van der Waals surface area (Å²) in [6.07, 6.45) is 6.09. The highest BCUT2D eigenvalue weighted by atomic mass is 16.5. The van der Waals surface area contributed by atoms with E-state index in [-0.39, 0.29) is 11.9 Å². The molecule has 4 atom stereocenters. The second-order valence-corrected chi connectivity index (χ2v) is 7.06. The van der Waals surface area contributed by atoms with Crippen molar-refractivity contribution in [1.29, 1.82) is 0 Å². The van der Waals surface area contributed by atoms with Crippen LogP contribution < -0.4 is 4.74 Å². The number of rotatable bonds is 5. The lowest BCUT2D eigenvalue weighted by atomic mass is 9.86. The largest absolute Gasteiger partial charge is 0.496 e. The number of hydrogen-bond donors (Lipinski definition) is 0. The van der Waals surface area contributed by atoms with E-state index >= 15 is 0 Å². The van der Waals surface area contributed by atoms with Crippen LogP contribution in [0.25, 0.3) is 0 Å². The summed E-state index contributed by atoms with van der Waals surface area (Å²) in [5.74, 6) is 3.47. The predicted molar refractivity (Wildman–Crippen MR) is 87.7 cm³/mol. The molecule has 2 aliphatic rings. The number of amides is 1. The smallest absolute Gasteiger partial charge is 0.223 e. The molecule has 3 heteroatoms. The van der Waals surface area contributed by atoms with E-state index in [2.05, 4.69) is 6.92 Å². The zero-order chi connectivity index (χ0) is 15.7. The quantitative estimate of drug-likeness (QED) is 0.821. The van der Waals surface area contributed by atoms with E-state index in [0.29, 0.717) is 5.92 Å². The molecule has 1 amide bonds. The summed E-state index contributed by atoms with van der Waals surface area (Å²) in [5, 5.41) is 0. The molecule has 4 unspecified atom stereocenters. The van der Waals surface area contributed by atoms with E-state index in [0.717, 1.165) is 29.6 Å². The van der Waals surface area contributed by atoms with Crippen LogP contribution in [0.5, 0.6) is 5.75 Å². The average molecular weight is 301 g/mol. The third-order valence-corrected chi connectivity index (χ3v) is 5.88. The highest BCUT2D eigenvalue weighted by Gasteiger charge is 2.40. The summed E-state index contributed by atoms with van der Waals surface area (Å²) < 4.78 is 5.43. The summed E-state index contributed by atoms with van der Waals surface area (Å²) in [7, 11) is 3.61. The Hall–Kier alpha value is -1.51. The summed E-state index contributed by atoms with van der Waals surface area (Å²) in [5.41, 5.74) is 1.08. The highest BCUT2D eigenvalue weighted by Crippen LogP contribution is 2.49. The van der Waals surface area contributed by atoms with Gasteiger partial charge in [-0.2, -0.15) is 0 Å². The molecule has 0 N–H and O–H groups in total. The van der Waals surface area contributed by atoms with Gasteiger partial charge in [-0.05, 0) is 50.0 Å². The number of benzene rings is 1. The van der Waals surface area contributed by atoms with Crippen molar-refractivity contribution >= 4 is 5.91 Å². The molecule has 0 radical (unpaired) electrons. The lowest BCUT2D eigenvalue weighted by Crippen LogP contribution is -2.32. The van der Waals surface area contributed by atoms with Crippen LogP contribution >= 0.6 is 0 Å². The van der Waals surface area contributed by atoms with Crippen LogP contribution in [0.4, 0.5) is 0 Å². The maximum absolute atomic E-state index is 12.7. The van der Waals surface area contributed by atoms with Crippen molar-refractivity contribution in [3.05, 3.63) is 29.8 Å². The fourth-order valence-electron chi connectivity index (χ4n) is 4.43. The number of ether oxygens (including phenoxy) is 1. The van der Waals surface area contributed by atoms with E-state index < -0.39 is 0 Å². The summed E-state index contributed by atoms with van der Waals surface area (Å²) in [6.45, 7) is 2.08. The van der Waals surface area contributed by atoms with Crippen LogP contribution in [0.15, 0.2) is 24.3 Å². The van der Waals surface area contributed by atoms with Crippen LogP contribution in [-0.2, 0) is 4.79 Å². The molecule has 0 aromatic heterocycles. The number of hydrogen-bond acceptors (Lipinski definition) is 2. The van der Waals surface area contributed by atoms with E-state index in [9.17, 15) is 4.79 Å². The third-order valence-electron chi connectivity index (χ3n) is 5.88. The summed E-state index contributed by atoms with van der Waals surface area (Å²) in [4.78, 5) is 14.6. The molecule has 0 aliphatic heterocycles. The van der Waals surface area contributed by atoms with Gasteiger partial charge in [0.1, 0.15) is 5.75 Å². The first kappa shape index (κ1) is 15.4. The van der Waals surface area contributed by atoms with Gasteiger partial charge in [-0.1, -0.05) is 24.6 Å². The number of carbonyl (C=O) groups is 1. The monoisotopic (exact) mass is 301 g/mol. The van der Waals surface area contributed by atoms with Gasteiger partial charge in [-0.25, -0.2) is 0 Å². The fraction of sp³-hybridized carbons (Fsp3) is 0.632. The standard InChI is InChI=1S/C19H27NO2/c1-13(17-6-4-5-7-18(17)22-3)20(2)19(21)12-16-11-14-8-9-15(16)10-14/h4-7,13-16H,8-12H2,1-3H3. The molecule has 0 spiro atoms. The fourth-order valence-corrected chi connectivity index (χ4v) is 4.43. The Morgan fingerprint density at radius 2 is 2.09 bits per heavy atom. The van der Waals surface area contributed by atoms with Gasteiger partial charge in [0.05, 0.1) is 13.2 Å². The van der Waals surface area contributed by atoms with Crippen molar-refractivity contribution in [2.45, 2.75) is 45.1 Å². The number of nitrogens with zero attached hydrogens (tertiary/aromatic N) is 1. The molecular formula is C19H27NO2. The van der Waals surface area contributed by atoms with E-state index in [1.54, 1.807) is 7.11 Å². The maximum Gasteiger partial charge on any atom is 0.223 e. The molecule has 2 aliphatic carbocycles. The number of fused-ring (bicyclic) bond motifs is 2. The van der Waals surface area contributed by atoms with Crippen molar-refractivity contribution in [2.24, 2.45) is 17.8 Å². The van der Waals surface area contributed by atoms with Crippen LogP contribution in [0.3, 0.4) is 0 Å². The molecule has 22 heavy (non-hydrogen) atoms. The van der Waals surface area contributed by atoms with E-state index in [1.165, 1.54) is 25.7 Å². The Labute approximate surface area is 133 Å². The topological polar surface area (TPSA) is 29.5 Å². The lowest BCUT2D eigenvalue weighted by Gasteiger charge is -2.29. The average Bonchev–Trinajstić information content (AvgIpc) is 3.16. The summed E-state index contributed by atoms with van der Waals surface area (Å²) >= 11 is 0. The van der Waals surface area contributed by atoms with Crippen molar-refractivity contribution in [2.75, 3.05) is 14.2 Å². The molecule has 0 heterocycles. The van der Waals surface area contributed by atoms with Crippen LogP contribution in [0.1, 0.15) is 50.6 Å². The zero-order valence-electron chi connectivity index (χ0n) is 13.9. The Bertz CT molecular complexity index is 542. The maximum atomic E-state index is 12.7. The minimum absolute atomic E-state index is 0.0437. The SMILES string of the molecule is COc1ccccc1C(C)N(C)C(=O)CC1CC2CCC1C2. The molecule has 1 aromatic rings. The Balaban J connectivity index is 1.65. The Morgan fingerprint density at radius 3 is 2.73 bits per heavy atom. The van der Waals surface area contributed by atoms with Crippen molar-refractivity contribution in [3.8, 4) is 5.75 Å². The van der Waals surface area contributed by atoms with Crippen LogP contribution in [-0.4, -0.2) is 25.0 Å². The molecule has 0 saturated heterocycles. The molecule has 120 valence electrons. The van der Waals surface area contributed by atoms with Gasteiger partial charge >= 0.3 is 0 Å². The highest BCUT2D eigenvalue weighted by molar-refractivity contribution is 5.77. The van der Waals surface area contributed by atoms with Crippen molar-refractivity contribution < 1.29 is 9.53 Å². The first-order valence-electron chi connectivity index (χ1n) is 8.48. The Kier molecular flexibility index (Phi) is 4.42. The van der Waals surface area contributed by atoms with Gasteiger partial charge in [-0.15, -0.1) is 0 Å². The van der Waals surface area contributed by atoms with Gasteiger partial charge < -0.3 is 9.64 Å². The van der Waals surface area contributed by atoms with Crippen LogP contribution in [0.2, 0.25) is 0 Å². The first-order valence-corrected chi connectivity index (χ1v) is 8.48. The molecule has 3 nitrogen and oxygen atoms in total. The number of carbonyl (C=O) groups excluding carboxylic acids is 1. The number of methoxy groups -OCH3 is 1. The lowest BCUT2D eigenvalue weighted by molar-refractivity contribution is -0.133. The third kappa shape index (κ3) is 2.86. The van der Waals surface area contributed by atoms with Gasteiger partial charge in [0.2, 0.25) is 5.91 Å². The molecule has 2 saturated carbocycles. The van der Waals surface area contributed by atoms with Crippen molar-refractivity contribution in [3.63, 3.8) is 0 Å². The second-order valence-electron chi connectivity index (χ2n) is 7.06. The minimum Gasteiger partial charge on any atom is -0.496 e. The van der Waals surface area contributed by atoms with Gasteiger partial charge in [-0.3, -0.25) is 4.79 Å². The van der Waals surface area contributed by atoms with Gasteiger partial charge in [0.25, 0.3) is 0 Å². The van der Waals surface area contributed by atoms with E-state index in [1.807, 2.05) is 36.2 Å². The molecule has 2 bridgehead atoms. The van der Waals surface area contributed by atoms with Crippen LogP contribution in [0, 0.1) is 17.8 Å². The van der Waals surface area contributed by atoms with E-state index in [4.69, 9.17) is 4.74 Å². The summed E-state index contributed by atoms with van der Waals surface area (Å²) in [6, 6.07) is 8.02. The first-order chi connectivity index (χ1) is 10.6. The number of para-hydroxylation sites is 1. The predicted octanol–water partition coefficient (Wildman–Crippen LogP) is 4.04.